The molecule has 0 bridgehead atoms. The molecule has 1 fully saturated rings. The van der Waals surface area contributed by atoms with Crippen molar-refractivity contribution in [2.75, 3.05) is 13.1 Å². The summed E-state index contributed by atoms with van der Waals surface area (Å²) < 4.78 is 38.3. The first kappa shape index (κ1) is 15.0. The maximum Gasteiger partial charge on any atom is 0.416 e. The molecular weight excluding hydrogens is 289 g/mol. The zero-order chi connectivity index (χ0) is 15.6. The fourth-order valence-corrected chi connectivity index (χ4v) is 3.07. The maximum absolute atomic E-state index is 12.8. The highest BCUT2D eigenvalue weighted by Crippen LogP contribution is 2.32. The molecule has 0 saturated carbocycles. The van der Waals surface area contributed by atoms with E-state index in [0.29, 0.717) is 18.0 Å². The topological polar surface area (TPSA) is 24.9 Å². The Morgan fingerprint density at radius 1 is 1.09 bits per heavy atom. The van der Waals surface area contributed by atoms with Gasteiger partial charge in [0.1, 0.15) is 0 Å². The summed E-state index contributed by atoms with van der Waals surface area (Å²) in [5.74, 6) is 0.580. The highest BCUT2D eigenvalue weighted by atomic mass is 19.4. The summed E-state index contributed by atoms with van der Waals surface area (Å²) >= 11 is 0. The van der Waals surface area contributed by atoms with Crippen LogP contribution < -0.4 is 5.32 Å². The number of alkyl halides is 3. The quantitative estimate of drug-likeness (QED) is 0.936. The van der Waals surface area contributed by atoms with Gasteiger partial charge < -0.3 is 5.32 Å². The van der Waals surface area contributed by atoms with Gasteiger partial charge in [0.15, 0.2) is 0 Å². The number of hydrogen-bond acceptors (Lipinski definition) is 2. The number of rotatable bonds is 3. The van der Waals surface area contributed by atoms with Crippen LogP contribution in [0.5, 0.6) is 0 Å². The third kappa shape index (κ3) is 3.30. The molecule has 3 rings (SSSR count). The van der Waals surface area contributed by atoms with Crippen LogP contribution in [-0.2, 0) is 12.6 Å². The van der Waals surface area contributed by atoms with E-state index in [4.69, 9.17) is 0 Å². The molecule has 2 atom stereocenters. The van der Waals surface area contributed by atoms with E-state index >= 15 is 0 Å². The third-order valence-corrected chi connectivity index (χ3v) is 4.18. The highest BCUT2D eigenvalue weighted by Gasteiger charge is 2.32. The van der Waals surface area contributed by atoms with Crippen LogP contribution in [0.25, 0.3) is 0 Å². The average Bonchev–Trinajstić information content (AvgIpc) is 2.96. The van der Waals surface area contributed by atoms with Crippen molar-refractivity contribution in [3.63, 3.8) is 0 Å². The van der Waals surface area contributed by atoms with Crippen molar-refractivity contribution in [3.05, 3.63) is 65.5 Å². The monoisotopic (exact) mass is 306 g/mol. The molecule has 2 aromatic rings. The van der Waals surface area contributed by atoms with E-state index in [9.17, 15) is 13.2 Å². The number of aromatic nitrogens is 1. The van der Waals surface area contributed by atoms with E-state index in [1.807, 2.05) is 18.2 Å². The summed E-state index contributed by atoms with van der Waals surface area (Å²) in [6.07, 6.45) is -2.51. The van der Waals surface area contributed by atoms with E-state index in [0.717, 1.165) is 19.2 Å². The molecule has 0 unspecified atom stereocenters. The lowest BCUT2D eigenvalue weighted by molar-refractivity contribution is -0.137. The predicted molar refractivity (Wildman–Crippen MR) is 78.5 cm³/mol. The van der Waals surface area contributed by atoms with Crippen LogP contribution in [0.2, 0.25) is 0 Å². The van der Waals surface area contributed by atoms with Gasteiger partial charge in [0, 0.05) is 24.4 Å². The minimum atomic E-state index is -4.32. The largest absolute Gasteiger partial charge is 0.416 e. The number of pyridine rings is 1. The lowest BCUT2D eigenvalue weighted by atomic mass is 9.86. The predicted octanol–water partition coefficient (Wildman–Crippen LogP) is 3.65. The summed E-state index contributed by atoms with van der Waals surface area (Å²) in [4.78, 5) is 4.12. The second-order valence-electron chi connectivity index (χ2n) is 5.67. The molecule has 0 spiro atoms. The first-order chi connectivity index (χ1) is 10.5. The molecule has 1 aliphatic heterocycles. The van der Waals surface area contributed by atoms with Gasteiger partial charge in [0.25, 0.3) is 0 Å². The normalized spacial score (nSPS) is 22.0. The standard InChI is InChI=1S/C17H17F3N2/c18-17(19,20)14-6-7-22-15(9-14)8-13-10-21-11-16(13)12-4-2-1-3-5-12/h1-7,9,13,16,21H,8,10-11H2/t13-,16+/m1/s1. The molecule has 1 saturated heterocycles. The second kappa shape index (κ2) is 6.08. The molecular formula is C17H17F3N2. The SMILES string of the molecule is FC(F)(F)c1ccnc(C[C@@H]2CNC[C@H]2c2ccccc2)c1. The summed E-state index contributed by atoms with van der Waals surface area (Å²) in [6, 6.07) is 12.3. The smallest absolute Gasteiger partial charge is 0.316 e. The average molecular weight is 306 g/mol. The van der Waals surface area contributed by atoms with Crippen LogP contribution in [0, 0.1) is 5.92 Å². The van der Waals surface area contributed by atoms with Crippen molar-refractivity contribution in [3.8, 4) is 0 Å². The van der Waals surface area contributed by atoms with E-state index in [2.05, 4.69) is 22.4 Å². The van der Waals surface area contributed by atoms with Gasteiger partial charge in [-0.05, 0) is 36.6 Å². The van der Waals surface area contributed by atoms with E-state index in [1.165, 1.54) is 17.8 Å². The molecule has 2 nitrogen and oxygen atoms in total. The van der Waals surface area contributed by atoms with Gasteiger partial charge in [-0.25, -0.2) is 0 Å². The third-order valence-electron chi connectivity index (χ3n) is 4.18. The number of nitrogens with zero attached hydrogens (tertiary/aromatic N) is 1. The first-order valence-corrected chi connectivity index (χ1v) is 7.32. The van der Waals surface area contributed by atoms with Gasteiger partial charge >= 0.3 is 6.18 Å². The van der Waals surface area contributed by atoms with Crippen molar-refractivity contribution in [2.45, 2.75) is 18.5 Å². The minimum absolute atomic E-state index is 0.262. The zero-order valence-corrected chi connectivity index (χ0v) is 12.0. The maximum atomic E-state index is 12.8. The van der Waals surface area contributed by atoms with Gasteiger partial charge in [-0.3, -0.25) is 4.98 Å². The molecule has 116 valence electrons. The molecule has 1 N–H and O–H groups in total. The lowest BCUT2D eigenvalue weighted by Crippen LogP contribution is -2.15. The molecule has 0 amide bonds. The van der Waals surface area contributed by atoms with Crippen LogP contribution in [0.4, 0.5) is 13.2 Å². The van der Waals surface area contributed by atoms with Gasteiger partial charge in [-0.1, -0.05) is 30.3 Å². The van der Waals surface area contributed by atoms with E-state index in [-0.39, 0.29) is 5.92 Å². The minimum Gasteiger partial charge on any atom is -0.316 e. The fourth-order valence-electron chi connectivity index (χ4n) is 3.07. The highest BCUT2D eigenvalue weighted by molar-refractivity contribution is 5.24. The first-order valence-electron chi connectivity index (χ1n) is 7.32. The van der Waals surface area contributed by atoms with Crippen molar-refractivity contribution in [2.24, 2.45) is 5.92 Å². The van der Waals surface area contributed by atoms with Gasteiger partial charge in [0.2, 0.25) is 0 Å². The second-order valence-corrected chi connectivity index (χ2v) is 5.67. The van der Waals surface area contributed by atoms with Crippen LogP contribution in [0.1, 0.15) is 22.7 Å². The van der Waals surface area contributed by atoms with Crippen LogP contribution in [0.15, 0.2) is 48.7 Å². The summed E-state index contributed by atoms with van der Waals surface area (Å²) in [7, 11) is 0. The van der Waals surface area contributed by atoms with Crippen molar-refractivity contribution in [1.82, 2.24) is 10.3 Å². The molecule has 22 heavy (non-hydrogen) atoms. The summed E-state index contributed by atoms with van der Waals surface area (Å²) in [6.45, 7) is 1.66. The lowest BCUT2D eigenvalue weighted by Gasteiger charge is -2.19. The molecule has 0 radical (unpaired) electrons. The van der Waals surface area contributed by atoms with Crippen LogP contribution in [-0.4, -0.2) is 18.1 Å². The van der Waals surface area contributed by atoms with E-state index in [1.54, 1.807) is 0 Å². The molecule has 1 aromatic carbocycles. The van der Waals surface area contributed by atoms with Crippen molar-refractivity contribution >= 4 is 0 Å². The Bertz CT molecular complexity index is 625. The Morgan fingerprint density at radius 2 is 1.86 bits per heavy atom. The van der Waals surface area contributed by atoms with Crippen molar-refractivity contribution < 1.29 is 13.2 Å². The Hall–Kier alpha value is -1.88. The Morgan fingerprint density at radius 3 is 2.59 bits per heavy atom. The van der Waals surface area contributed by atoms with E-state index < -0.39 is 11.7 Å². The molecule has 1 aliphatic rings. The fraction of sp³-hybridized carbons (Fsp3) is 0.353. The molecule has 1 aromatic heterocycles. The molecule has 2 heterocycles. The number of halogens is 3. The van der Waals surface area contributed by atoms with Crippen LogP contribution in [0.3, 0.4) is 0 Å². The summed E-state index contributed by atoms with van der Waals surface area (Å²) in [5.41, 5.74) is 1.11. The number of nitrogens with one attached hydrogen (secondary N) is 1. The van der Waals surface area contributed by atoms with Gasteiger partial charge in [-0.15, -0.1) is 0 Å². The Balaban J connectivity index is 1.78. The molecule has 0 aliphatic carbocycles. The number of hydrogen-bond donors (Lipinski definition) is 1. The van der Waals surface area contributed by atoms with Gasteiger partial charge in [0.05, 0.1) is 5.56 Å². The zero-order valence-electron chi connectivity index (χ0n) is 12.0. The van der Waals surface area contributed by atoms with Crippen LogP contribution >= 0.6 is 0 Å². The molecule has 5 heteroatoms. The van der Waals surface area contributed by atoms with Gasteiger partial charge in [-0.2, -0.15) is 13.2 Å². The Kier molecular flexibility index (Phi) is 4.16. The van der Waals surface area contributed by atoms with Crippen molar-refractivity contribution in [1.29, 1.82) is 0 Å². The number of benzene rings is 1. The summed E-state index contributed by atoms with van der Waals surface area (Å²) in [5, 5.41) is 3.34. The Labute approximate surface area is 127 Å².